The molecule has 2 heterocycles. The Bertz CT molecular complexity index is 706. The van der Waals surface area contributed by atoms with E-state index < -0.39 is 0 Å². The molecule has 1 fully saturated rings. The standard InChI is InChI=1S/C13H16N4OS/c1-13(5-6-13)16-10-9-8(14-12(15-10)19-3)4-7-17(2)11(9)18/h4,7H,5-6H2,1-3H3,(H,14,15,16). The lowest BCUT2D eigenvalue weighted by molar-refractivity contribution is 0.810. The number of thioether (sulfide) groups is 1. The third-order valence-corrected chi connectivity index (χ3v) is 4.06. The van der Waals surface area contributed by atoms with Crippen molar-refractivity contribution >= 4 is 28.5 Å². The van der Waals surface area contributed by atoms with Gasteiger partial charge in [0.2, 0.25) is 0 Å². The average Bonchev–Trinajstić information content (AvgIpc) is 3.11. The molecule has 0 aromatic carbocycles. The minimum atomic E-state index is -0.0584. The van der Waals surface area contributed by atoms with Gasteiger partial charge in [0.15, 0.2) is 5.16 Å². The number of fused-ring (bicyclic) bond motifs is 1. The molecule has 0 bridgehead atoms. The van der Waals surface area contributed by atoms with Crippen LogP contribution in [0.15, 0.2) is 22.2 Å². The maximum absolute atomic E-state index is 12.3. The Morgan fingerprint density at radius 1 is 1.42 bits per heavy atom. The topological polar surface area (TPSA) is 59.8 Å². The summed E-state index contributed by atoms with van der Waals surface area (Å²) >= 11 is 1.48. The SMILES string of the molecule is CSc1nc(NC2(C)CC2)c2c(=O)n(C)ccc2n1. The molecule has 19 heavy (non-hydrogen) atoms. The van der Waals surface area contributed by atoms with Crippen molar-refractivity contribution < 1.29 is 0 Å². The van der Waals surface area contributed by atoms with Crippen molar-refractivity contribution in [3.8, 4) is 0 Å². The van der Waals surface area contributed by atoms with E-state index in [9.17, 15) is 4.79 Å². The van der Waals surface area contributed by atoms with E-state index in [0.717, 1.165) is 12.8 Å². The molecule has 0 aliphatic heterocycles. The van der Waals surface area contributed by atoms with Crippen LogP contribution in [0, 0.1) is 0 Å². The average molecular weight is 276 g/mol. The van der Waals surface area contributed by atoms with Crippen LogP contribution < -0.4 is 10.9 Å². The van der Waals surface area contributed by atoms with Gasteiger partial charge in [-0.05, 0) is 32.1 Å². The molecule has 0 spiro atoms. The molecule has 2 aromatic rings. The summed E-state index contributed by atoms with van der Waals surface area (Å²) in [6.07, 6.45) is 5.90. The summed E-state index contributed by atoms with van der Waals surface area (Å²) in [5.74, 6) is 0.663. The molecule has 0 radical (unpaired) electrons. The molecule has 5 nitrogen and oxygen atoms in total. The lowest BCUT2D eigenvalue weighted by Crippen LogP contribution is -2.22. The van der Waals surface area contributed by atoms with Crippen molar-refractivity contribution in [1.82, 2.24) is 14.5 Å². The molecule has 1 aliphatic carbocycles. The Morgan fingerprint density at radius 3 is 2.79 bits per heavy atom. The summed E-state index contributed by atoms with van der Waals surface area (Å²) in [7, 11) is 1.74. The summed E-state index contributed by atoms with van der Waals surface area (Å²) in [6, 6.07) is 1.86. The van der Waals surface area contributed by atoms with Gasteiger partial charge in [-0.3, -0.25) is 4.79 Å². The Kier molecular flexibility index (Phi) is 2.78. The van der Waals surface area contributed by atoms with E-state index >= 15 is 0 Å². The van der Waals surface area contributed by atoms with Gasteiger partial charge in [-0.15, -0.1) is 0 Å². The monoisotopic (exact) mass is 276 g/mol. The molecule has 1 N–H and O–H groups in total. The highest BCUT2D eigenvalue weighted by atomic mass is 32.2. The molecule has 6 heteroatoms. The van der Waals surface area contributed by atoms with Gasteiger partial charge in [-0.25, -0.2) is 9.97 Å². The van der Waals surface area contributed by atoms with E-state index in [4.69, 9.17) is 0 Å². The largest absolute Gasteiger partial charge is 0.364 e. The number of aromatic nitrogens is 3. The first kappa shape index (κ1) is 12.5. The zero-order valence-corrected chi connectivity index (χ0v) is 12.0. The lowest BCUT2D eigenvalue weighted by Gasteiger charge is -2.15. The van der Waals surface area contributed by atoms with Gasteiger partial charge in [0, 0.05) is 18.8 Å². The van der Waals surface area contributed by atoms with Crippen molar-refractivity contribution in [2.45, 2.75) is 30.5 Å². The fourth-order valence-corrected chi connectivity index (χ4v) is 2.37. The van der Waals surface area contributed by atoms with E-state index in [1.54, 1.807) is 17.8 Å². The number of nitrogens with one attached hydrogen (secondary N) is 1. The highest BCUT2D eigenvalue weighted by molar-refractivity contribution is 7.98. The number of hydrogen-bond donors (Lipinski definition) is 1. The lowest BCUT2D eigenvalue weighted by atomic mass is 10.2. The molecular formula is C13H16N4OS. The Labute approximate surface area is 115 Å². The minimum absolute atomic E-state index is 0.0584. The molecule has 3 rings (SSSR count). The summed E-state index contributed by atoms with van der Waals surface area (Å²) in [6.45, 7) is 2.15. The highest BCUT2D eigenvalue weighted by Crippen LogP contribution is 2.38. The van der Waals surface area contributed by atoms with E-state index in [1.165, 1.54) is 11.8 Å². The van der Waals surface area contributed by atoms with Crippen molar-refractivity contribution in [2.75, 3.05) is 11.6 Å². The maximum Gasteiger partial charge on any atom is 0.263 e. The zero-order chi connectivity index (χ0) is 13.6. The van der Waals surface area contributed by atoms with Gasteiger partial charge < -0.3 is 9.88 Å². The van der Waals surface area contributed by atoms with E-state index in [-0.39, 0.29) is 11.1 Å². The summed E-state index contributed by atoms with van der Waals surface area (Å²) in [5, 5.41) is 4.67. The van der Waals surface area contributed by atoms with Crippen molar-refractivity contribution in [2.24, 2.45) is 7.05 Å². The van der Waals surface area contributed by atoms with Crippen LogP contribution in [0.5, 0.6) is 0 Å². The van der Waals surface area contributed by atoms with E-state index in [2.05, 4.69) is 22.2 Å². The predicted octanol–water partition coefficient (Wildman–Crippen LogP) is 2.01. The van der Waals surface area contributed by atoms with Gasteiger partial charge in [0.25, 0.3) is 5.56 Å². The third kappa shape index (κ3) is 2.20. The van der Waals surface area contributed by atoms with E-state index in [0.29, 0.717) is 21.9 Å². The van der Waals surface area contributed by atoms with Gasteiger partial charge in [0.05, 0.1) is 5.52 Å². The minimum Gasteiger partial charge on any atom is -0.364 e. The first-order valence-corrected chi connectivity index (χ1v) is 7.44. The fraction of sp³-hybridized carbons (Fsp3) is 0.462. The molecule has 0 unspecified atom stereocenters. The smallest absolute Gasteiger partial charge is 0.263 e. The van der Waals surface area contributed by atoms with Crippen LogP contribution in [-0.2, 0) is 7.05 Å². The molecule has 2 aromatic heterocycles. The normalized spacial score (nSPS) is 16.6. The Morgan fingerprint density at radius 2 is 2.16 bits per heavy atom. The fourth-order valence-electron chi connectivity index (χ4n) is 1.99. The Hall–Kier alpha value is -1.56. The van der Waals surface area contributed by atoms with Crippen LogP contribution in [0.25, 0.3) is 10.9 Å². The van der Waals surface area contributed by atoms with Crippen molar-refractivity contribution in [3.63, 3.8) is 0 Å². The first-order chi connectivity index (χ1) is 9.02. The first-order valence-electron chi connectivity index (χ1n) is 6.22. The second-order valence-corrected chi connectivity index (χ2v) is 6.01. The highest BCUT2D eigenvalue weighted by Gasteiger charge is 2.38. The molecule has 0 saturated heterocycles. The van der Waals surface area contributed by atoms with Gasteiger partial charge in [-0.1, -0.05) is 11.8 Å². The number of hydrogen-bond acceptors (Lipinski definition) is 5. The van der Waals surface area contributed by atoms with Crippen molar-refractivity contribution in [3.05, 3.63) is 22.6 Å². The Balaban J connectivity index is 2.26. The van der Waals surface area contributed by atoms with E-state index in [1.807, 2.05) is 12.3 Å². The quantitative estimate of drug-likeness (QED) is 0.686. The molecular weight excluding hydrogens is 260 g/mol. The number of nitrogens with zero attached hydrogens (tertiary/aromatic N) is 3. The summed E-state index contributed by atoms with van der Waals surface area (Å²) in [5.41, 5.74) is 0.726. The van der Waals surface area contributed by atoms with Gasteiger partial charge >= 0.3 is 0 Å². The van der Waals surface area contributed by atoms with Crippen LogP contribution in [0.3, 0.4) is 0 Å². The third-order valence-electron chi connectivity index (χ3n) is 3.51. The van der Waals surface area contributed by atoms with Crippen LogP contribution in [0.1, 0.15) is 19.8 Å². The van der Waals surface area contributed by atoms with Crippen LogP contribution in [-0.4, -0.2) is 26.3 Å². The van der Waals surface area contributed by atoms with Crippen LogP contribution >= 0.6 is 11.8 Å². The molecule has 0 amide bonds. The number of anilines is 1. The second-order valence-electron chi connectivity index (χ2n) is 5.24. The van der Waals surface area contributed by atoms with Crippen LogP contribution in [0.4, 0.5) is 5.82 Å². The van der Waals surface area contributed by atoms with Crippen molar-refractivity contribution in [1.29, 1.82) is 0 Å². The molecule has 100 valence electrons. The predicted molar refractivity (Wildman–Crippen MR) is 77.8 cm³/mol. The molecule has 1 aliphatic rings. The molecule has 1 saturated carbocycles. The molecule has 0 atom stereocenters. The number of pyridine rings is 1. The summed E-state index contributed by atoms with van der Waals surface area (Å²) < 4.78 is 1.56. The maximum atomic E-state index is 12.3. The second kappa shape index (κ2) is 4.23. The van der Waals surface area contributed by atoms with Crippen LogP contribution in [0.2, 0.25) is 0 Å². The van der Waals surface area contributed by atoms with Gasteiger partial charge in [0.1, 0.15) is 11.2 Å². The van der Waals surface area contributed by atoms with Gasteiger partial charge in [-0.2, -0.15) is 0 Å². The number of rotatable bonds is 3. The number of aryl methyl sites for hydroxylation is 1. The summed E-state index contributed by atoms with van der Waals surface area (Å²) in [4.78, 5) is 21.2. The zero-order valence-electron chi connectivity index (χ0n) is 11.2.